The summed E-state index contributed by atoms with van der Waals surface area (Å²) in [4.78, 5) is 19.9. The molecule has 1 aliphatic rings. The molecule has 0 aliphatic heterocycles. The third kappa shape index (κ3) is 4.97. The smallest absolute Gasteiger partial charge is 0.257 e. The Morgan fingerprint density at radius 3 is 2.69 bits per heavy atom. The number of aromatic nitrogens is 1. The normalized spacial score (nSPS) is 14.9. The van der Waals surface area contributed by atoms with Gasteiger partial charge in [-0.05, 0) is 60.4 Å². The predicted molar refractivity (Wildman–Crippen MR) is 157 cm³/mol. The molecule has 1 aliphatic carbocycles. The van der Waals surface area contributed by atoms with E-state index in [1.165, 1.54) is 4.88 Å². The van der Waals surface area contributed by atoms with Gasteiger partial charge in [-0.25, -0.2) is 4.98 Å². The van der Waals surface area contributed by atoms with Crippen molar-refractivity contribution in [1.82, 2.24) is 4.98 Å². The number of hydrogen-bond acceptors (Lipinski definition) is 6. The van der Waals surface area contributed by atoms with Crippen molar-refractivity contribution in [2.45, 2.75) is 46.5 Å². The highest BCUT2D eigenvalue weighted by Gasteiger charge is 2.34. The van der Waals surface area contributed by atoms with Crippen LogP contribution < -0.4 is 14.8 Å². The molecule has 39 heavy (non-hydrogen) atoms. The van der Waals surface area contributed by atoms with Crippen LogP contribution in [0.5, 0.6) is 11.5 Å². The number of amides is 1. The van der Waals surface area contributed by atoms with Crippen LogP contribution in [0.2, 0.25) is 0 Å². The molecule has 7 heteroatoms. The summed E-state index contributed by atoms with van der Waals surface area (Å²) < 4.78 is 11.0. The second-order valence-electron chi connectivity index (χ2n) is 10.7. The minimum atomic E-state index is -0.261. The number of rotatable bonds is 7. The standard InChI is InChI=1S/C32H33N3O3S/c1-6-32(2,3)19-11-13-22-25(18-33)31(39-29(22)15-19)35-30(36)24-17-27(34-26-10-8-7-9-21(24)26)23-14-12-20(37-4)16-28(23)38-5/h7-10,12,14,16-17,19H,6,11,13,15H2,1-5H3,(H,35,36)/t19-/m0/s1. The van der Waals surface area contributed by atoms with Crippen LogP contribution in [-0.4, -0.2) is 25.1 Å². The molecule has 0 saturated carbocycles. The number of ether oxygens (including phenoxy) is 2. The van der Waals surface area contributed by atoms with Crippen molar-refractivity contribution in [1.29, 1.82) is 5.26 Å². The van der Waals surface area contributed by atoms with Gasteiger partial charge in [0, 0.05) is 21.9 Å². The van der Waals surface area contributed by atoms with Gasteiger partial charge in [-0.2, -0.15) is 5.26 Å². The number of fused-ring (bicyclic) bond motifs is 2. The third-order valence-corrected chi connectivity index (χ3v) is 9.44. The van der Waals surface area contributed by atoms with Crippen LogP contribution >= 0.6 is 11.3 Å². The lowest BCUT2D eigenvalue weighted by molar-refractivity contribution is 0.102. The Balaban J connectivity index is 1.54. The van der Waals surface area contributed by atoms with Crippen molar-refractivity contribution < 1.29 is 14.3 Å². The lowest BCUT2D eigenvalue weighted by Gasteiger charge is -2.36. The first kappa shape index (κ1) is 26.7. The molecule has 0 unspecified atom stereocenters. The van der Waals surface area contributed by atoms with Crippen molar-refractivity contribution in [2.75, 3.05) is 19.5 Å². The van der Waals surface area contributed by atoms with Gasteiger partial charge in [0.25, 0.3) is 5.91 Å². The molecule has 4 aromatic rings. The zero-order chi connectivity index (χ0) is 27.7. The fourth-order valence-corrected chi connectivity index (χ4v) is 6.70. The summed E-state index contributed by atoms with van der Waals surface area (Å²) in [6.07, 6.45) is 4.00. The number of benzene rings is 2. The van der Waals surface area contributed by atoms with Gasteiger partial charge in [-0.1, -0.05) is 45.4 Å². The molecule has 0 spiro atoms. The summed E-state index contributed by atoms with van der Waals surface area (Å²) in [6.45, 7) is 6.90. The Morgan fingerprint density at radius 2 is 1.97 bits per heavy atom. The highest BCUT2D eigenvalue weighted by atomic mass is 32.1. The molecule has 5 rings (SSSR count). The number of nitrogens with zero attached hydrogens (tertiary/aromatic N) is 2. The highest BCUT2D eigenvalue weighted by molar-refractivity contribution is 7.16. The molecular formula is C32H33N3O3S. The minimum Gasteiger partial charge on any atom is -0.497 e. The summed E-state index contributed by atoms with van der Waals surface area (Å²) in [5.41, 5.74) is 4.52. The van der Waals surface area contributed by atoms with Crippen LogP contribution in [-0.2, 0) is 12.8 Å². The Hall–Kier alpha value is -3.89. The van der Waals surface area contributed by atoms with E-state index in [9.17, 15) is 10.1 Å². The first-order valence-corrected chi connectivity index (χ1v) is 14.1. The van der Waals surface area contributed by atoms with Crippen molar-refractivity contribution in [3.63, 3.8) is 0 Å². The average Bonchev–Trinajstić information content (AvgIpc) is 3.32. The first-order chi connectivity index (χ1) is 18.8. The van der Waals surface area contributed by atoms with Gasteiger partial charge in [-0.15, -0.1) is 11.3 Å². The maximum Gasteiger partial charge on any atom is 0.257 e. The molecule has 200 valence electrons. The minimum absolute atomic E-state index is 0.243. The van der Waals surface area contributed by atoms with Crippen molar-refractivity contribution in [3.05, 3.63) is 70.1 Å². The summed E-state index contributed by atoms with van der Waals surface area (Å²) in [6, 6.07) is 17.3. The number of thiophene rings is 1. The largest absolute Gasteiger partial charge is 0.497 e. The van der Waals surface area contributed by atoms with E-state index in [0.29, 0.717) is 44.8 Å². The molecule has 2 aromatic carbocycles. The van der Waals surface area contributed by atoms with Gasteiger partial charge < -0.3 is 14.8 Å². The number of para-hydroxylation sites is 1. The van der Waals surface area contributed by atoms with E-state index < -0.39 is 0 Å². The third-order valence-electron chi connectivity index (χ3n) is 8.27. The zero-order valence-corrected chi connectivity index (χ0v) is 23.9. The van der Waals surface area contributed by atoms with Gasteiger partial charge >= 0.3 is 0 Å². The van der Waals surface area contributed by atoms with E-state index in [2.05, 4.69) is 32.2 Å². The number of anilines is 1. The van der Waals surface area contributed by atoms with Gasteiger partial charge in [0.05, 0.1) is 36.6 Å². The zero-order valence-electron chi connectivity index (χ0n) is 23.1. The quantitative estimate of drug-likeness (QED) is 0.261. The number of methoxy groups -OCH3 is 2. The Bertz CT molecular complexity index is 1600. The maximum absolute atomic E-state index is 13.8. The van der Waals surface area contributed by atoms with Crippen LogP contribution in [0.4, 0.5) is 5.00 Å². The van der Waals surface area contributed by atoms with Gasteiger partial charge in [0.15, 0.2) is 0 Å². The first-order valence-electron chi connectivity index (χ1n) is 13.3. The maximum atomic E-state index is 13.8. The molecule has 0 radical (unpaired) electrons. The topological polar surface area (TPSA) is 84.2 Å². The SMILES string of the molecule is CCC(C)(C)[C@H]1CCc2c(sc(NC(=O)c3cc(-c4ccc(OC)cc4OC)nc4ccccc34)c2C#N)C1. The van der Waals surface area contributed by atoms with E-state index >= 15 is 0 Å². The molecular weight excluding hydrogens is 506 g/mol. The summed E-state index contributed by atoms with van der Waals surface area (Å²) in [5, 5.41) is 14.5. The van der Waals surface area contributed by atoms with Crippen LogP contribution in [0, 0.1) is 22.7 Å². The Kier molecular flexibility index (Phi) is 7.33. The number of carbonyl (C=O) groups is 1. The molecule has 2 heterocycles. The fourth-order valence-electron chi connectivity index (χ4n) is 5.43. The van der Waals surface area contributed by atoms with Crippen LogP contribution in [0.15, 0.2) is 48.5 Å². The van der Waals surface area contributed by atoms with Crippen LogP contribution in [0.3, 0.4) is 0 Å². The van der Waals surface area contributed by atoms with E-state index in [1.807, 2.05) is 36.4 Å². The number of hydrogen-bond donors (Lipinski definition) is 1. The summed E-state index contributed by atoms with van der Waals surface area (Å²) >= 11 is 1.55. The van der Waals surface area contributed by atoms with Gasteiger partial charge in [0.1, 0.15) is 22.6 Å². The molecule has 2 aromatic heterocycles. The number of nitrogens with one attached hydrogen (secondary N) is 1. The molecule has 1 atom stereocenters. The predicted octanol–water partition coefficient (Wildman–Crippen LogP) is 7.65. The molecule has 0 saturated heterocycles. The monoisotopic (exact) mass is 539 g/mol. The molecule has 1 amide bonds. The summed E-state index contributed by atoms with van der Waals surface area (Å²) in [5.74, 6) is 1.58. The van der Waals surface area contributed by atoms with Gasteiger partial charge in [-0.3, -0.25) is 4.79 Å². The average molecular weight is 540 g/mol. The molecule has 0 fully saturated rings. The van der Waals surface area contributed by atoms with E-state index in [4.69, 9.17) is 14.5 Å². The summed E-state index contributed by atoms with van der Waals surface area (Å²) in [7, 11) is 3.20. The lowest BCUT2D eigenvalue weighted by Crippen LogP contribution is -2.28. The van der Waals surface area contributed by atoms with E-state index in [-0.39, 0.29) is 11.3 Å². The van der Waals surface area contributed by atoms with Crippen LogP contribution in [0.1, 0.15) is 60.0 Å². The lowest BCUT2D eigenvalue weighted by atomic mass is 9.69. The second kappa shape index (κ2) is 10.7. The van der Waals surface area contributed by atoms with Gasteiger partial charge in [0.2, 0.25) is 0 Å². The van der Waals surface area contributed by atoms with Crippen molar-refractivity contribution >= 4 is 33.1 Å². The van der Waals surface area contributed by atoms with E-state index in [1.54, 1.807) is 37.7 Å². The fraction of sp³-hybridized carbons (Fsp3) is 0.344. The Morgan fingerprint density at radius 1 is 1.18 bits per heavy atom. The number of pyridine rings is 1. The van der Waals surface area contributed by atoms with E-state index in [0.717, 1.165) is 42.2 Å². The number of nitriles is 1. The van der Waals surface area contributed by atoms with Crippen molar-refractivity contribution in [2.24, 2.45) is 11.3 Å². The molecule has 0 bridgehead atoms. The Labute approximate surface area is 233 Å². The second-order valence-corrected chi connectivity index (χ2v) is 11.8. The number of carbonyl (C=O) groups excluding carboxylic acids is 1. The molecule has 6 nitrogen and oxygen atoms in total. The van der Waals surface area contributed by atoms with Crippen molar-refractivity contribution in [3.8, 4) is 28.8 Å². The molecule has 1 N–H and O–H groups in total. The van der Waals surface area contributed by atoms with Crippen LogP contribution in [0.25, 0.3) is 22.2 Å². The highest BCUT2D eigenvalue weighted by Crippen LogP contribution is 2.45.